The fourth-order valence-electron chi connectivity index (χ4n) is 1.81. The Labute approximate surface area is 106 Å². The molecule has 2 heterocycles. The highest BCUT2D eigenvalue weighted by Gasteiger charge is 2.02. The molecule has 0 saturated carbocycles. The summed E-state index contributed by atoms with van der Waals surface area (Å²) in [5.41, 5.74) is 2.60. The monoisotopic (exact) mass is 252 g/mol. The van der Waals surface area contributed by atoms with Crippen LogP contribution in [0.15, 0.2) is 54.7 Å². The normalized spacial score (nSPS) is 10.9. The predicted molar refractivity (Wildman–Crippen MR) is 72.2 cm³/mol. The van der Waals surface area contributed by atoms with Crippen molar-refractivity contribution in [3.05, 3.63) is 54.7 Å². The van der Waals surface area contributed by atoms with Gasteiger partial charge < -0.3 is 0 Å². The molecule has 3 aromatic rings. The van der Waals surface area contributed by atoms with Crippen LogP contribution in [-0.2, 0) is 4.57 Å². The zero-order chi connectivity index (χ0) is 12.4. The number of hydrogen-bond donors (Lipinski definition) is 0. The van der Waals surface area contributed by atoms with E-state index in [0.717, 1.165) is 27.6 Å². The first-order chi connectivity index (χ1) is 8.86. The number of aromatic nitrogens is 2. The van der Waals surface area contributed by atoms with E-state index in [4.69, 9.17) is 0 Å². The summed E-state index contributed by atoms with van der Waals surface area (Å²) < 4.78 is 10.7. The largest absolute Gasteiger partial charge is 0.269 e. The summed E-state index contributed by atoms with van der Waals surface area (Å²) in [6.45, 7) is 0. The Morgan fingerprint density at radius 3 is 2.56 bits per heavy atom. The molecule has 0 amide bonds. The number of rotatable bonds is 2. The lowest BCUT2D eigenvalue weighted by atomic mass is 10.1. The maximum atomic E-state index is 10.7. The summed E-state index contributed by atoms with van der Waals surface area (Å²) in [6.07, 6.45) is 1.73. The van der Waals surface area contributed by atoms with Gasteiger partial charge >= 0.3 is 0 Å². The van der Waals surface area contributed by atoms with Crippen LogP contribution in [0, 0.1) is 0 Å². The first-order valence-corrected chi connectivity index (χ1v) is 6.33. The number of pyridine rings is 2. The van der Waals surface area contributed by atoms with Gasteiger partial charge in [0.25, 0.3) is 0 Å². The van der Waals surface area contributed by atoms with Crippen LogP contribution in [0.3, 0.4) is 0 Å². The minimum absolute atomic E-state index is 0.0392. The molecule has 0 aliphatic heterocycles. The fourth-order valence-corrected chi connectivity index (χ4v) is 2.08. The van der Waals surface area contributed by atoms with Crippen LogP contribution < -0.4 is 5.30 Å². The fraction of sp³-hybridized carbons (Fsp3) is 0. The summed E-state index contributed by atoms with van der Waals surface area (Å²) >= 11 is 0. The van der Waals surface area contributed by atoms with E-state index in [1.807, 2.05) is 48.5 Å². The molecule has 0 N–H and O–H groups in total. The first kappa shape index (κ1) is 11.0. The summed E-state index contributed by atoms with van der Waals surface area (Å²) in [7, 11) is 0.0392. The molecule has 0 saturated heterocycles. The SMILES string of the molecule is O=Pc1ccc(-c2ccc3cccnc3n2)cc1. The molecular formula is C14H9N2OP. The topological polar surface area (TPSA) is 42.9 Å². The van der Waals surface area contributed by atoms with Gasteiger partial charge in [-0.1, -0.05) is 12.1 Å². The molecule has 1 aromatic carbocycles. The van der Waals surface area contributed by atoms with Crippen molar-refractivity contribution in [2.24, 2.45) is 0 Å². The molecule has 0 fully saturated rings. The van der Waals surface area contributed by atoms with Crippen molar-refractivity contribution in [1.82, 2.24) is 9.97 Å². The molecule has 0 aliphatic rings. The van der Waals surface area contributed by atoms with Crippen LogP contribution >= 0.6 is 8.46 Å². The van der Waals surface area contributed by atoms with Crippen LogP contribution in [0.1, 0.15) is 0 Å². The zero-order valence-electron chi connectivity index (χ0n) is 9.45. The Morgan fingerprint density at radius 1 is 0.944 bits per heavy atom. The number of fused-ring (bicyclic) bond motifs is 1. The average molecular weight is 252 g/mol. The summed E-state index contributed by atoms with van der Waals surface area (Å²) in [6, 6.07) is 15.3. The van der Waals surface area contributed by atoms with Gasteiger partial charge in [-0.25, -0.2) is 9.97 Å². The molecule has 18 heavy (non-hydrogen) atoms. The highest BCUT2D eigenvalue weighted by molar-refractivity contribution is 7.34. The molecule has 0 radical (unpaired) electrons. The van der Waals surface area contributed by atoms with Crippen molar-refractivity contribution < 1.29 is 4.57 Å². The van der Waals surface area contributed by atoms with E-state index < -0.39 is 0 Å². The Bertz CT molecular complexity index is 710. The lowest BCUT2D eigenvalue weighted by molar-refractivity contribution is 0.603. The van der Waals surface area contributed by atoms with Crippen LogP contribution in [0.2, 0.25) is 0 Å². The molecule has 4 heteroatoms. The van der Waals surface area contributed by atoms with Crippen LogP contribution in [-0.4, -0.2) is 9.97 Å². The van der Waals surface area contributed by atoms with Gasteiger partial charge in [0.1, 0.15) is 0 Å². The standard InChI is InChI=1S/C14H9N2OP/c17-18-12-6-3-10(4-7-12)13-8-5-11-2-1-9-15-14(11)16-13/h1-9H. The molecule has 3 nitrogen and oxygen atoms in total. The summed E-state index contributed by atoms with van der Waals surface area (Å²) in [5, 5.41) is 1.79. The number of nitrogens with zero attached hydrogens (tertiary/aromatic N) is 2. The van der Waals surface area contributed by atoms with Crippen LogP contribution in [0.25, 0.3) is 22.3 Å². The smallest absolute Gasteiger partial charge is 0.192 e. The molecule has 0 spiro atoms. The van der Waals surface area contributed by atoms with Gasteiger partial charge in [0.15, 0.2) is 14.1 Å². The van der Waals surface area contributed by atoms with Gasteiger partial charge in [-0.05, 0) is 36.4 Å². The zero-order valence-corrected chi connectivity index (χ0v) is 10.3. The van der Waals surface area contributed by atoms with Crippen molar-refractivity contribution in [3.8, 4) is 11.3 Å². The van der Waals surface area contributed by atoms with Crippen LogP contribution in [0.5, 0.6) is 0 Å². The number of benzene rings is 1. The second kappa shape index (κ2) is 4.63. The van der Waals surface area contributed by atoms with Crippen molar-refractivity contribution >= 4 is 24.8 Å². The third-order valence-corrected chi connectivity index (χ3v) is 3.24. The quantitative estimate of drug-likeness (QED) is 0.658. The molecule has 0 aliphatic carbocycles. The molecular weight excluding hydrogens is 243 g/mol. The minimum Gasteiger partial charge on any atom is -0.269 e. The lowest BCUT2D eigenvalue weighted by Gasteiger charge is -2.02. The molecule has 0 bridgehead atoms. The molecule has 86 valence electrons. The van der Waals surface area contributed by atoms with E-state index in [9.17, 15) is 4.57 Å². The Balaban J connectivity index is 2.10. The molecule has 2 aromatic heterocycles. The molecule has 3 rings (SSSR count). The Hall–Kier alpha value is -2.12. The van der Waals surface area contributed by atoms with Crippen molar-refractivity contribution in [1.29, 1.82) is 0 Å². The summed E-state index contributed by atoms with van der Waals surface area (Å²) in [5.74, 6) is 0. The van der Waals surface area contributed by atoms with Gasteiger partial charge in [0, 0.05) is 22.5 Å². The van der Waals surface area contributed by atoms with Gasteiger partial charge in [-0.2, -0.15) is 0 Å². The van der Waals surface area contributed by atoms with Gasteiger partial charge in [0.2, 0.25) is 0 Å². The maximum absolute atomic E-state index is 10.7. The number of hydrogen-bond acceptors (Lipinski definition) is 3. The van der Waals surface area contributed by atoms with E-state index in [1.54, 1.807) is 6.20 Å². The van der Waals surface area contributed by atoms with E-state index in [2.05, 4.69) is 9.97 Å². The average Bonchev–Trinajstić information content (AvgIpc) is 2.47. The van der Waals surface area contributed by atoms with E-state index in [-0.39, 0.29) is 8.46 Å². The predicted octanol–water partition coefficient (Wildman–Crippen LogP) is 3.21. The van der Waals surface area contributed by atoms with Crippen molar-refractivity contribution in [3.63, 3.8) is 0 Å². The first-order valence-electron chi connectivity index (χ1n) is 5.52. The van der Waals surface area contributed by atoms with E-state index >= 15 is 0 Å². The maximum Gasteiger partial charge on any atom is 0.192 e. The molecule has 0 atom stereocenters. The second-order valence-corrected chi connectivity index (χ2v) is 4.58. The van der Waals surface area contributed by atoms with Gasteiger partial charge in [-0.3, -0.25) is 4.57 Å². The lowest BCUT2D eigenvalue weighted by Crippen LogP contribution is -1.91. The second-order valence-electron chi connectivity index (χ2n) is 3.88. The highest BCUT2D eigenvalue weighted by atomic mass is 31.1. The van der Waals surface area contributed by atoms with Gasteiger partial charge in [0.05, 0.1) is 5.69 Å². The minimum atomic E-state index is 0.0392. The van der Waals surface area contributed by atoms with Crippen LogP contribution in [0.4, 0.5) is 0 Å². The third-order valence-electron chi connectivity index (χ3n) is 2.73. The Kier molecular flexibility index (Phi) is 2.83. The highest BCUT2D eigenvalue weighted by Crippen LogP contribution is 2.19. The third kappa shape index (κ3) is 2.01. The summed E-state index contributed by atoms with van der Waals surface area (Å²) in [4.78, 5) is 8.75. The van der Waals surface area contributed by atoms with Gasteiger partial charge in [-0.15, -0.1) is 0 Å². The Morgan fingerprint density at radius 2 is 1.78 bits per heavy atom. The van der Waals surface area contributed by atoms with E-state index in [1.165, 1.54) is 0 Å². The van der Waals surface area contributed by atoms with Crippen molar-refractivity contribution in [2.45, 2.75) is 0 Å². The van der Waals surface area contributed by atoms with Crippen molar-refractivity contribution in [2.75, 3.05) is 0 Å². The molecule has 0 unspecified atom stereocenters. The van der Waals surface area contributed by atoms with E-state index in [0.29, 0.717) is 0 Å².